The molecule has 2 aromatic heterocycles. The van der Waals surface area contributed by atoms with E-state index in [1.807, 2.05) is 32.9 Å². The van der Waals surface area contributed by atoms with Gasteiger partial charge in [-0.15, -0.1) is 0 Å². The quantitative estimate of drug-likeness (QED) is 0.452. The number of carbonyl (C=O) groups excluding carboxylic acids is 2. The number of anilines is 1. The molecule has 36 heavy (non-hydrogen) atoms. The van der Waals surface area contributed by atoms with Gasteiger partial charge in [-0.3, -0.25) is 9.59 Å². The van der Waals surface area contributed by atoms with Crippen LogP contribution in [-0.2, 0) is 27.0 Å². The normalized spacial score (nSPS) is 15.8. The van der Waals surface area contributed by atoms with Gasteiger partial charge in [0.05, 0.1) is 0 Å². The van der Waals surface area contributed by atoms with Gasteiger partial charge >= 0.3 is 0 Å². The van der Waals surface area contributed by atoms with E-state index in [0.29, 0.717) is 35.5 Å². The largest absolute Gasteiger partial charge is 0.343 e. The van der Waals surface area contributed by atoms with Crippen molar-refractivity contribution < 1.29 is 18.6 Å². The minimum Gasteiger partial charge on any atom is -0.343 e. The highest BCUT2D eigenvalue weighted by molar-refractivity contribution is 5.91. The average Bonchev–Trinajstić information content (AvgIpc) is 3.45. The summed E-state index contributed by atoms with van der Waals surface area (Å²) >= 11 is 0. The molecule has 2 amide bonds. The van der Waals surface area contributed by atoms with E-state index in [-0.39, 0.29) is 23.7 Å². The van der Waals surface area contributed by atoms with Crippen molar-refractivity contribution in [3.8, 4) is 11.4 Å². The molecular weight excluding hydrogens is 460 g/mol. The average molecular weight is 495 g/mol. The molecule has 1 saturated carbocycles. The van der Waals surface area contributed by atoms with Crippen LogP contribution < -0.4 is 10.6 Å². The maximum absolute atomic E-state index is 12.5. The fraction of sp³-hybridized carbons (Fsp3) is 0.538. The predicted octanol–water partition coefficient (Wildman–Crippen LogP) is 4.67. The number of aromatic nitrogens is 4. The molecule has 10 heteroatoms. The summed E-state index contributed by atoms with van der Waals surface area (Å²) in [6, 6.07) is 7.28. The summed E-state index contributed by atoms with van der Waals surface area (Å²) in [5.41, 5.74) is 0.647. The van der Waals surface area contributed by atoms with Gasteiger partial charge in [0.15, 0.2) is 5.82 Å². The molecule has 1 fully saturated rings. The van der Waals surface area contributed by atoms with Gasteiger partial charge in [-0.1, -0.05) is 56.8 Å². The summed E-state index contributed by atoms with van der Waals surface area (Å²) in [7, 11) is 0. The van der Waals surface area contributed by atoms with Gasteiger partial charge in [-0.25, -0.2) is 0 Å². The molecular formula is C26H34N6O4. The summed E-state index contributed by atoms with van der Waals surface area (Å²) in [5.74, 6) is 1.69. The summed E-state index contributed by atoms with van der Waals surface area (Å²) in [6.45, 7) is 7.54. The molecule has 10 nitrogen and oxygen atoms in total. The minimum absolute atomic E-state index is 0.109. The van der Waals surface area contributed by atoms with Gasteiger partial charge in [0.25, 0.3) is 0 Å². The second-order valence-corrected chi connectivity index (χ2v) is 10.5. The van der Waals surface area contributed by atoms with Crippen molar-refractivity contribution in [2.75, 3.05) is 5.32 Å². The first-order valence-electron chi connectivity index (χ1n) is 12.5. The molecule has 192 valence electrons. The SMILES string of the molecule is CC(=O)NC1(c2noc(CCC(=O)Nc3ccc(-c4noc(C(C)(C)C)n4)cc3)n2)CCCCCC1. The number of hydrogen-bond acceptors (Lipinski definition) is 8. The smallest absolute Gasteiger partial charge is 0.232 e. The molecule has 0 spiro atoms. The van der Waals surface area contributed by atoms with Gasteiger partial charge in [-0.05, 0) is 37.1 Å². The molecule has 2 heterocycles. The van der Waals surface area contributed by atoms with E-state index >= 15 is 0 Å². The van der Waals surface area contributed by atoms with E-state index in [4.69, 9.17) is 9.05 Å². The van der Waals surface area contributed by atoms with Crippen LogP contribution in [0.15, 0.2) is 33.3 Å². The van der Waals surface area contributed by atoms with Crippen LogP contribution in [0.5, 0.6) is 0 Å². The molecule has 0 aliphatic heterocycles. The number of nitrogens with zero attached hydrogens (tertiary/aromatic N) is 4. The Morgan fingerprint density at radius 3 is 2.28 bits per heavy atom. The molecule has 1 aromatic carbocycles. The zero-order chi connectivity index (χ0) is 25.8. The Morgan fingerprint density at radius 1 is 0.972 bits per heavy atom. The van der Waals surface area contributed by atoms with Crippen LogP contribution in [-0.4, -0.2) is 32.1 Å². The van der Waals surface area contributed by atoms with E-state index in [2.05, 4.69) is 30.9 Å². The molecule has 4 rings (SSSR count). The minimum atomic E-state index is -0.597. The van der Waals surface area contributed by atoms with Crippen molar-refractivity contribution in [3.05, 3.63) is 41.9 Å². The zero-order valence-electron chi connectivity index (χ0n) is 21.4. The fourth-order valence-electron chi connectivity index (χ4n) is 4.42. The van der Waals surface area contributed by atoms with Crippen molar-refractivity contribution >= 4 is 17.5 Å². The first kappa shape index (κ1) is 25.5. The van der Waals surface area contributed by atoms with Crippen LogP contribution >= 0.6 is 0 Å². The lowest BCUT2D eigenvalue weighted by atomic mass is 9.89. The summed E-state index contributed by atoms with van der Waals surface area (Å²) < 4.78 is 10.8. The first-order chi connectivity index (χ1) is 17.1. The highest BCUT2D eigenvalue weighted by Gasteiger charge is 2.38. The fourth-order valence-corrected chi connectivity index (χ4v) is 4.42. The maximum atomic E-state index is 12.5. The monoisotopic (exact) mass is 494 g/mol. The molecule has 0 radical (unpaired) electrons. The lowest BCUT2D eigenvalue weighted by Gasteiger charge is -2.30. The van der Waals surface area contributed by atoms with E-state index in [1.165, 1.54) is 6.92 Å². The van der Waals surface area contributed by atoms with Gasteiger partial charge in [0.1, 0.15) is 5.54 Å². The number of nitrogens with one attached hydrogen (secondary N) is 2. The molecule has 3 aromatic rings. The molecule has 2 N–H and O–H groups in total. The first-order valence-corrected chi connectivity index (χ1v) is 12.5. The van der Waals surface area contributed by atoms with Gasteiger partial charge in [-0.2, -0.15) is 9.97 Å². The van der Waals surface area contributed by atoms with Crippen LogP contribution in [0.3, 0.4) is 0 Å². The van der Waals surface area contributed by atoms with Crippen molar-refractivity contribution in [3.63, 3.8) is 0 Å². The lowest BCUT2D eigenvalue weighted by Crippen LogP contribution is -2.45. The Labute approximate surface area is 210 Å². The third-order valence-corrected chi connectivity index (χ3v) is 6.33. The zero-order valence-corrected chi connectivity index (χ0v) is 21.4. The van der Waals surface area contributed by atoms with E-state index < -0.39 is 5.54 Å². The van der Waals surface area contributed by atoms with Crippen LogP contribution in [0, 0.1) is 0 Å². The number of hydrogen-bond donors (Lipinski definition) is 2. The third kappa shape index (κ3) is 6.16. The lowest BCUT2D eigenvalue weighted by molar-refractivity contribution is -0.121. The Balaban J connectivity index is 1.34. The Bertz CT molecular complexity index is 1180. The number of rotatable bonds is 7. The van der Waals surface area contributed by atoms with Gasteiger partial charge in [0.2, 0.25) is 29.4 Å². The molecule has 1 aliphatic carbocycles. The third-order valence-electron chi connectivity index (χ3n) is 6.33. The highest BCUT2D eigenvalue weighted by Crippen LogP contribution is 2.34. The number of carbonyl (C=O) groups is 2. The molecule has 0 bridgehead atoms. The van der Waals surface area contributed by atoms with Crippen LogP contribution in [0.25, 0.3) is 11.4 Å². The summed E-state index contributed by atoms with van der Waals surface area (Å²) in [6.07, 6.45) is 6.31. The molecule has 1 aliphatic rings. The maximum Gasteiger partial charge on any atom is 0.232 e. The van der Waals surface area contributed by atoms with Crippen LogP contribution in [0.2, 0.25) is 0 Å². The van der Waals surface area contributed by atoms with Crippen molar-refractivity contribution in [1.29, 1.82) is 0 Å². The number of amides is 2. The number of aryl methyl sites for hydroxylation is 1. The Hall–Kier alpha value is -3.56. The van der Waals surface area contributed by atoms with Gasteiger partial charge < -0.3 is 19.7 Å². The summed E-state index contributed by atoms with van der Waals surface area (Å²) in [5, 5.41) is 14.2. The molecule has 0 atom stereocenters. The van der Waals surface area contributed by atoms with Crippen molar-refractivity contribution in [1.82, 2.24) is 25.6 Å². The van der Waals surface area contributed by atoms with Crippen molar-refractivity contribution in [2.45, 2.75) is 90.0 Å². The molecule has 0 saturated heterocycles. The standard InChI is InChI=1S/C26H34N6O4/c1-17(33)30-26(15-7-5-6-8-16-26)23-28-21(35-32-23)14-13-20(34)27-19-11-9-18(10-12-19)22-29-24(36-31-22)25(2,3)4/h9-12H,5-8,13-16H2,1-4H3,(H,27,34)(H,30,33). The van der Waals surface area contributed by atoms with Crippen LogP contribution in [0.4, 0.5) is 5.69 Å². The van der Waals surface area contributed by atoms with Crippen LogP contribution in [0.1, 0.15) is 90.2 Å². The number of benzene rings is 1. The van der Waals surface area contributed by atoms with Crippen molar-refractivity contribution in [2.24, 2.45) is 0 Å². The Morgan fingerprint density at radius 2 is 1.67 bits per heavy atom. The second kappa shape index (κ2) is 10.6. The second-order valence-electron chi connectivity index (χ2n) is 10.5. The van der Waals surface area contributed by atoms with E-state index in [0.717, 1.165) is 44.1 Å². The summed E-state index contributed by atoms with van der Waals surface area (Å²) in [4.78, 5) is 33.4. The van der Waals surface area contributed by atoms with E-state index in [9.17, 15) is 9.59 Å². The van der Waals surface area contributed by atoms with E-state index in [1.54, 1.807) is 12.1 Å². The Kier molecular flexibility index (Phi) is 7.51. The van der Waals surface area contributed by atoms with Gasteiger partial charge in [0, 0.05) is 36.4 Å². The topological polar surface area (TPSA) is 136 Å². The molecule has 0 unspecified atom stereocenters. The highest BCUT2D eigenvalue weighted by atomic mass is 16.5. The predicted molar refractivity (Wildman–Crippen MR) is 133 cm³/mol.